The first-order chi connectivity index (χ1) is 15.5. The molecular formula is C23H26N5O4+. The summed E-state index contributed by atoms with van der Waals surface area (Å²) in [6, 6.07) is 7.20. The molecule has 4 rings (SSSR count). The van der Waals surface area contributed by atoms with Crippen molar-refractivity contribution in [2.75, 3.05) is 34.0 Å². The minimum atomic E-state index is -0.672. The third-order valence-electron chi connectivity index (χ3n) is 6.03. The number of amides is 2. The van der Waals surface area contributed by atoms with E-state index in [2.05, 4.69) is 11.1 Å². The topological polar surface area (TPSA) is 120 Å². The van der Waals surface area contributed by atoms with Crippen LogP contribution in [0.3, 0.4) is 0 Å². The minimum Gasteiger partial charge on any atom is -0.377 e. The molecule has 0 bridgehead atoms. The molecule has 2 aliphatic rings. The number of urea groups is 1. The highest BCUT2D eigenvalue weighted by Gasteiger charge is 2.47. The molecule has 0 spiro atoms. The molecule has 2 amide bonds. The van der Waals surface area contributed by atoms with Crippen molar-refractivity contribution in [3.05, 3.63) is 52.9 Å². The Morgan fingerprint density at radius 2 is 2.12 bits per heavy atom. The fraction of sp³-hybridized carbons (Fsp3) is 0.391. The number of pyridine rings is 2. The van der Waals surface area contributed by atoms with Crippen LogP contribution < -0.4 is 10.2 Å². The zero-order valence-electron chi connectivity index (χ0n) is 18.2. The number of nitrogens with zero attached hydrogens (tertiary/aromatic N) is 4. The van der Waals surface area contributed by atoms with Gasteiger partial charge < -0.3 is 19.9 Å². The molecule has 2 N–H and O–H groups in total. The summed E-state index contributed by atoms with van der Waals surface area (Å²) in [5.41, 5.74) is 9.68. The van der Waals surface area contributed by atoms with Crippen LogP contribution in [0.5, 0.6) is 0 Å². The maximum absolute atomic E-state index is 13.1. The number of ether oxygens (including phenoxy) is 3. The summed E-state index contributed by atoms with van der Waals surface area (Å²) in [5.74, 6) is 0.959. The number of nitrogens with two attached hydrogens (primary N) is 1. The molecule has 9 heteroatoms. The van der Waals surface area contributed by atoms with Crippen molar-refractivity contribution < 1.29 is 19.0 Å². The van der Waals surface area contributed by atoms with Crippen molar-refractivity contribution in [1.29, 1.82) is 5.26 Å². The van der Waals surface area contributed by atoms with Gasteiger partial charge in [0.2, 0.25) is 17.9 Å². The van der Waals surface area contributed by atoms with Crippen LogP contribution in [0.1, 0.15) is 41.5 Å². The number of aromatic nitrogens is 2. The summed E-state index contributed by atoms with van der Waals surface area (Å²) in [6.07, 6.45) is 4.98. The van der Waals surface area contributed by atoms with E-state index in [1.54, 1.807) is 6.07 Å². The highest BCUT2D eigenvalue weighted by molar-refractivity contribution is 5.92. The number of rotatable bonds is 5. The summed E-state index contributed by atoms with van der Waals surface area (Å²) < 4.78 is 15.8. The van der Waals surface area contributed by atoms with Crippen molar-refractivity contribution in [1.82, 2.24) is 14.5 Å². The Bertz CT molecular complexity index is 1110. The smallest absolute Gasteiger partial charge is 0.377 e. The summed E-state index contributed by atoms with van der Waals surface area (Å²) >= 11 is 0. The zero-order valence-corrected chi connectivity index (χ0v) is 18.2. The van der Waals surface area contributed by atoms with Crippen LogP contribution in [0.2, 0.25) is 0 Å². The van der Waals surface area contributed by atoms with Gasteiger partial charge in [-0.05, 0) is 30.5 Å². The van der Waals surface area contributed by atoms with Crippen LogP contribution >= 0.6 is 0 Å². The molecule has 1 atom stereocenters. The number of hydrogen-bond acceptors (Lipinski definition) is 7. The van der Waals surface area contributed by atoms with Gasteiger partial charge in [-0.15, -0.1) is 4.48 Å². The summed E-state index contributed by atoms with van der Waals surface area (Å²) in [4.78, 5) is 22.4. The predicted octanol–water partition coefficient (Wildman–Crippen LogP) is 3.11. The second-order valence-corrected chi connectivity index (χ2v) is 7.75. The van der Waals surface area contributed by atoms with Crippen LogP contribution in [0.25, 0.3) is 5.57 Å². The number of aryl methyl sites for hydroxylation is 1. The van der Waals surface area contributed by atoms with E-state index < -0.39 is 12.3 Å². The lowest BCUT2D eigenvalue weighted by Gasteiger charge is -2.35. The Kier molecular flexibility index (Phi) is 6.30. The molecule has 0 aliphatic carbocycles. The second kappa shape index (κ2) is 9.14. The fourth-order valence-electron chi connectivity index (χ4n) is 4.43. The number of methoxy groups -OCH3 is 2. The Hall–Kier alpha value is -3.16. The summed E-state index contributed by atoms with van der Waals surface area (Å²) in [6.45, 7) is 1.48. The zero-order chi connectivity index (χ0) is 22.7. The largest absolute Gasteiger partial charge is 0.426 e. The first kappa shape index (κ1) is 22.0. The maximum atomic E-state index is 13.1. The fourth-order valence-corrected chi connectivity index (χ4v) is 4.43. The lowest BCUT2D eigenvalue weighted by atomic mass is 9.97. The molecule has 2 aliphatic heterocycles. The molecule has 0 saturated carbocycles. The average Bonchev–Trinajstić information content (AvgIpc) is 2.84. The van der Waals surface area contributed by atoms with Crippen molar-refractivity contribution >= 4 is 23.2 Å². The first-order valence-electron chi connectivity index (χ1n) is 10.5. The van der Waals surface area contributed by atoms with E-state index in [1.807, 2.05) is 18.2 Å². The third-order valence-corrected chi connectivity index (χ3v) is 6.03. The van der Waals surface area contributed by atoms with Crippen LogP contribution in [0.15, 0.2) is 30.5 Å². The number of hydrogen-bond donors (Lipinski definition) is 1. The highest BCUT2D eigenvalue weighted by Crippen LogP contribution is 2.41. The van der Waals surface area contributed by atoms with Gasteiger partial charge in [-0.1, -0.05) is 6.08 Å². The molecule has 32 heavy (non-hydrogen) atoms. The number of fused-ring (bicyclic) bond motifs is 1. The van der Waals surface area contributed by atoms with Crippen molar-refractivity contribution in [2.24, 2.45) is 5.73 Å². The summed E-state index contributed by atoms with van der Waals surface area (Å²) in [5, 5.41) is 9.65. The molecule has 9 nitrogen and oxygen atoms in total. The van der Waals surface area contributed by atoms with Crippen LogP contribution in [0, 0.1) is 11.3 Å². The number of carbonyl (C=O) groups is 1. The van der Waals surface area contributed by atoms with E-state index in [9.17, 15) is 10.1 Å². The Labute approximate surface area is 186 Å². The molecule has 2 aromatic rings. The molecule has 1 unspecified atom stereocenters. The van der Waals surface area contributed by atoms with Gasteiger partial charge in [0.15, 0.2) is 0 Å². The lowest BCUT2D eigenvalue weighted by Crippen LogP contribution is -2.56. The quantitative estimate of drug-likeness (QED) is 0.565. The van der Waals surface area contributed by atoms with Gasteiger partial charge in [0.1, 0.15) is 18.3 Å². The van der Waals surface area contributed by atoms with Crippen molar-refractivity contribution in [3.63, 3.8) is 0 Å². The maximum Gasteiger partial charge on any atom is 0.426 e. The molecular weight excluding hydrogens is 410 g/mol. The van der Waals surface area contributed by atoms with Gasteiger partial charge in [0, 0.05) is 37.8 Å². The predicted molar refractivity (Wildman–Crippen MR) is 118 cm³/mol. The van der Waals surface area contributed by atoms with Gasteiger partial charge in [0.05, 0.1) is 25.0 Å². The number of primary amides is 1. The van der Waals surface area contributed by atoms with Gasteiger partial charge in [-0.25, -0.2) is 9.78 Å². The average molecular weight is 436 g/mol. The summed E-state index contributed by atoms with van der Waals surface area (Å²) in [7, 11) is 3.06. The van der Waals surface area contributed by atoms with E-state index in [0.717, 1.165) is 29.5 Å². The van der Waals surface area contributed by atoms with Gasteiger partial charge in [-0.3, -0.25) is 0 Å². The Balaban J connectivity index is 1.92. The molecule has 0 aromatic carbocycles. The van der Waals surface area contributed by atoms with Crippen molar-refractivity contribution in [3.8, 4) is 6.07 Å². The standard InChI is InChI=1S/C23H25N5O4/c1-30-22(31-2)19-6-5-16-4-3-9-28(23(25)29,21(16)27-19)20-12-18(17(13-24)14-26-20)15-7-10-32-11-8-15/h5-7,12,14,22H,3-4,8-11H2,1-2H3,(H-,25,29)/p+1. The minimum absolute atomic E-state index is 0.328. The van der Waals surface area contributed by atoms with E-state index in [4.69, 9.17) is 24.9 Å². The second-order valence-electron chi connectivity index (χ2n) is 7.75. The van der Waals surface area contributed by atoms with E-state index in [1.165, 1.54) is 20.4 Å². The number of nitriles is 1. The Morgan fingerprint density at radius 1 is 1.31 bits per heavy atom. The Morgan fingerprint density at radius 3 is 2.78 bits per heavy atom. The number of carbonyl (C=O) groups excluding carboxylic acids is 1. The molecule has 2 aromatic heterocycles. The van der Waals surface area contributed by atoms with Crippen LogP contribution in [0.4, 0.5) is 16.4 Å². The normalized spacial score (nSPS) is 20.4. The van der Waals surface area contributed by atoms with Gasteiger partial charge >= 0.3 is 6.03 Å². The van der Waals surface area contributed by atoms with Crippen LogP contribution in [-0.2, 0) is 20.6 Å². The van der Waals surface area contributed by atoms with E-state index >= 15 is 0 Å². The molecule has 166 valence electrons. The van der Waals surface area contributed by atoms with Crippen LogP contribution in [-0.4, -0.2) is 50.0 Å². The van der Waals surface area contributed by atoms with E-state index in [0.29, 0.717) is 49.1 Å². The van der Waals surface area contributed by atoms with Gasteiger partial charge in [0.25, 0.3) is 0 Å². The molecule has 0 radical (unpaired) electrons. The monoisotopic (exact) mass is 436 g/mol. The van der Waals surface area contributed by atoms with Crippen molar-refractivity contribution in [2.45, 2.75) is 25.6 Å². The van der Waals surface area contributed by atoms with Gasteiger partial charge in [-0.2, -0.15) is 10.2 Å². The molecule has 4 heterocycles. The third kappa shape index (κ3) is 3.67. The SMILES string of the molecule is COC(OC)c1ccc2c(n1)[N+](C(N)=O)(c1cc(C3=CCOCC3)c(C#N)cn1)CCC2. The highest BCUT2D eigenvalue weighted by atomic mass is 16.7. The lowest BCUT2D eigenvalue weighted by molar-refractivity contribution is -0.108. The number of quaternary nitrogens is 1. The molecule has 0 fully saturated rings. The molecule has 0 saturated heterocycles. The first-order valence-corrected chi connectivity index (χ1v) is 10.5. The van der Waals surface area contributed by atoms with E-state index in [-0.39, 0.29) is 4.48 Å².